The first kappa shape index (κ1) is 16.4. The lowest BCUT2D eigenvalue weighted by atomic mass is 9.98. The summed E-state index contributed by atoms with van der Waals surface area (Å²) in [6.07, 6.45) is 2.83. The Morgan fingerprint density at radius 3 is 2.81 bits per heavy atom. The van der Waals surface area contributed by atoms with Gasteiger partial charge in [0.2, 0.25) is 0 Å². The summed E-state index contributed by atoms with van der Waals surface area (Å²) in [4.78, 5) is 25.4. The van der Waals surface area contributed by atoms with Crippen molar-refractivity contribution >= 4 is 34.4 Å². The molecule has 0 saturated carbocycles. The molecule has 0 spiro atoms. The van der Waals surface area contributed by atoms with Gasteiger partial charge >= 0.3 is 0 Å². The van der Waals surface area contributed by atoms with E-state index in [1.807, 2.05) is 0 Å². The molecule has 1 aliphatic heterocycles. The van der Waals surface area contributed by atoms with Gasteiger partial charge in [0.25, 0.3) is 0 Å². The molecule has 0 amide bonds. The third kappa shape index (κ3) is 2.76. The van der Waals surface area contributed by atoms with Crippen molar-refractivity contribution in [2.75, 3.05) is 13.7 Å². The van der Waals surface area contributed by atoms with Gasteiger partial charge in [0.05, 0.1) is 23.6 Å². The smallest absolute Gasteiger partial charge is 0.199 e. The predicted molar refractivity (Wildman–Crippen MR) is 98.3 cm³/mol. The second kappa shape index (κ2) is 6.35. The van der Waals surface area contributed by atoms with E-state index in [4.69, 9.17) is 25.5 Å². The molecule has 130 valence electrons. The number of ether oxygens (including phenoxy) is 2. The van der Waals surface area contributed by atoms with Crippen LogP contribution in [0.25, 0.3) is 17.0 Å². The van der Waals surface area contributed by atoms with Gasteiger partial charge in [-0.15, -0.1) is 0 Å². The Kier molecular flexibility index (Phi) is 4.01. The van der Waals surface area contributed by atoms with Crippen LogP contribution in [0.2, 0.25) is 5.02 Å². The lowest BCUT2D eigenvalue weighted by Gasteiger charge is -2.18. The number of fused-ring (bicyclic) bond motifs is 2. The van der Waals surface area contributed by atoms with Gasteiger partial charge in [0, 0.05) is 16.7 Å². The number of hydrogen-bond donors (Lipinski definition) is 0. The van der Waals surface area contributed by atoms with E-state index in [1.54, 1.807) is 36.4 Å². The number of hydrogen-bond acceptors (Lipinski definition) is 5. The molecule has 0 aliphatic carbocycles. The topological polar surface area (TPSA) is 65.7 Å². The fraction of sp³-hybridized carbons (Fsp3) is 0.100. The van der Waals surface area contributed by atoms with Gasteiger partial charge in [0.15, 0.2) is 11.2 Å². The standard InChI is InChI=1S/C20H13ClO5/c1-24-14-3-4-15-18(8-14)26-10-11(19(15)22)6-12-9-25-17-5-2-13(21)7-16(17)20(12)23/h2-8,10H,9H2,1H3/b12-6+. The van der Waals surface area contributed by atoms with Crippen LogP contribution in [0.3, 0.4) is 0 Å². The molecule has 2 heterocycles. The van der Waals surface area contributed by atoms with Crippen molar-refractivity contribution < 1.29 is 18.7 Å². The van der Waals surface area contributed by atoms with Crippen LogP contribution in [0.5, 0.6) is 11.5 Å². The summed E-state index contributed by atoms with van der Waals surface area (Å²) in [5.41, 5.74) is 1.20. The van der Waals surface area contributed by atoms with Gasteiger partial charge in [-0.25, -0.2) is 0 Å². The number of benzene rings is 2. The van der Waals surface area contributed by atoms with Crippen LogP contribution in [-0.4, -0.2) is 19.5 Å². The van der Waals surface area contributed by atoms with E-state index in [-0.39, 0.29) is 23.4 Å². The van der Waals surface area contributed by atoms with Crippen molar-refractivity contribution in [1.29, 1.82) is 0 Å². The molecular formula is C20H13ClO5. The van der Waals surface area contributed by atoms with Crippen molar-refractivity contribution in [1.82, 2.24) is 0 Å². The number of carbonyl (C=O) groups is 1. The molecule has 1 aromatic heterocycles. The highest BCUT2D eigenvalue weighted by Crippen LogP contribution is 2.30. The number of rotatable bonds is 2. The molecule has 4 rings (SSSR count). The SMILES string of the molecule is COc1ccc2c(=O)c(/C=C3\COc4ccc(Cl)cc4C3=O)coc2c1. The second-order valence-electron chi connectivity index (χ2n) is 5.81. The molecule has 3 aromatic rings. The average Bonchev–Trinajstić information content (AvgIpc) is 2.66. The van der Waals surface area contributed by atoms with Crippen LogP contribution in [0, 0.1) is 0 Å². The summed E-state index contributed by atoms with van der Waals surface area (Å²) in [5, 5.41) is 0.855. The minimum Gasteiger partial charge on any atom is -0.497 e. The maximum absolute atomic E-state index is 12.7. The maximum atomic E-state index is 12.7. The highest BCUT2D eigenvalue weighted by Gasteiger charge is 2.24. The zero-order valence-electron chi connectivity index (χ0n) is 13.7. The molecule has 1 aliphatic rings. The van der Waals surface area contributed by atoms with Crippen LogP contribution < -0.4 is 14.9 Å². The Hall–Kier alpha value is -3.05. The fourth-order valence-electron chi connectivity index (χ4n) is 2.84. The molecule has 26 heavy (non-hydrogen) atoms. The highest BCUT2D eigenvalue weighted by atomic mass is 35.5. The molecular weight excluding hydrogens is 356 g/mol. The number of carbonyl (C=O) groups excluding carboxylic acids is 1. The molecule has 6 heteroatoms. The fourth-order valence-corrected chi connectivity index (χ4v) is 3.02. The lowest BCUT2D eigenvalue weighted by Crippen LogP contribution is -2.19. The van der Waals surface area contributed by atoms with Crippen molar-refractivity contribution in [2.45, 2.75) is 0 Å². The Morgan fingerprint density at radius 1 is 1.15 bits per heavy atom. The van der Waals surface area contributed by atoms with E-state index in [0.29, 0.717) is 38.6 Å². The van der Waals surface area contributed by atoms with Crippen LogP contribution in [0.4, 0.5) is 0 Å². The molecule has 0 radical (unpaired) electrons. The predicted octanol–water partition coefficient (Wildman–Crippen LogP) is 4.11. The van der Waals surface area contributed by atoms with Crippen molar-refractivity contribution in [2.24, 2.45) is 0 Å². The van der Waals surface area contributed by atoms with Gasteiger partial charge < -0.3 is 13.9 Å². The zero-order valence-corrected chi connectivity index (χ0v) is 14.5. The minimum atomic E-state index is -0.230. The molecule has 0 N–H and O–H groups in total. The number of Topliss-reactive ketones (excluding diaryl/α,β-unsaturated/α-hetero) is 1. The molecule has 0 saturated heterocycles. The van der Waals surface area contributed by atoms with Crippen LogP contribution in [0.15, 0.2) is 57.4 Å². The quantitative estimate of drug-likeness (QED) is 0.637. The first-order chi connectivity index (χ1) is 12.6. The van der Waals surface area contributed by atoms with E-state index in [9.17, 15) is 9.59 Å². The van der Waals surface area contributed by atoms with Crippen molar-refractivity contribution in [3.05, 3.63) is 74.6 Å². The van der Waals surface area contributed by atoms with Crippen molar-refractivity contribution in [3.63, 3.8) is 0 Å². The summed E-state index contributed by atoms with van der Waals surface area (Å²) in [6.45, 7) is 0.0769. The summed E-state index contributed by atoms with van der Waals surface area (Å²) in [6, 6.07) is 9.83. The summed E-state index contributed by atoms with van der Waals surface area (Å²) in [7, 11) is 1.54. The van der Waals surface area contributed by atoms with E-state index >= 15 is 0 Å². The van der Waals surface area contributed by atoms with Gasteiger partial charge in [-0.1, -0.05) is 11.6 Å². The van der Waals surface area contributed by atoms with E-state index in [1.165, 1.54) is 19.4 Å². The Labute approximate surface area is 153 Å². The zero-order chi connectivity index (χ0) is 18.3. The monoisotopic (exact) mass is 368 g/mol. The number of halogens is 1. The molecule has 2 aromatic carbocycles. The number of ketones is 1. The van der Waals surface area contributed by atoms with Gasteiger partial charge in [0.1, 0.15) is 30.0 Å². The van der Waals surface area contributed by atoms with Crippen LogP contribution in [-0.2, 0) is 0 Å². The van der Waals surface area contributed by atoms with Crippen LogP contribution >= 0.6 is 11.6 Å². The Bertz CT molecular complexity index is 1130. The molecule has 5 nitrogen and oxygen atoms in total. The van der Waals surface area contributed by atoms with Gasteiger partial charge in [-0.05, 0) is 36.4 Å². The van der Waals surface area contributed by atoms with Gasteiger partial charge in [-0.3, -0.25) is 9.59 Å². The normalized spacial score (nSPS) is 15.0. The van der Waals surface area contributed by atoms with E-state index in [0.717, 1.165) is 0 Å². The first-order valence-corrected chi connectivity index (χ1v) is 8.22. The Morgan fingerprint density at radius 2 is 2.00 bits per heavy atom. The highest BCUT2D eigenvalue weighted by molar-refractivity contribution is 6.31. The Balaban J connectivity index is 1.78. The molecule has 0 atom stereocenters. The summed E-state index contributed by atoms with van der Waals surface area (Å²) >= 11 is 5.96. The van der Waals surface area contributed by atoms with E-state index in [2.05, 4.69) is 0 Å². The molecule has 0 bridgehead atoms. The average molecular weight is 369 g/mol. The first-order valence-electron chi connectivity index (χ1n) is 7.84. The number of methoxy groups -OCH3 is 1. The van der Waals surface area contributed by atoms with Crippen LogP contribution in [0.1, 0.15) is 15.9 Å². The summed E-state index contributed by atoms with van der Waals surface area (Å²) in [5.74, 6) is 0.855. The maximum Gasteiger partial charge on any atom is 0.199 e. The third-order valence-corrected chi connectivity index (χ3v) is 4.43. The lowest BCUT2D eigenvalue weighted by molar-refractivity contribution is 0.100. The van der Waals surface area contributed by atoms with E-state index < -0.39 is 0 Å². The summed E-state index contributed by atoms with van der Waals surface area (Å²) < 4.78 is 16.3. The van der Waals surface area contributed by atoms with Gasteiger partial charge in [-0.2, -0.15) is 0 Å². The largest absolute Gasteiger partial charge is 0.497 e. The molecule has 0 unspecified atom stereocenters. The second-order valence-corrected chi connectivity index (χ2v) is 6.25. The van der Waals surface area contributed by atoms with Crippen molar-refractivity contribution in [3.8, 4) is 11.5 Å². The third-order valence-electron chi connectivity index (χ3n) is 4.20. The minimum absolute atomic E-state index is 0.0769. The molecule has 0 fully saturated rings.